The SMILES string of the molecule is O=C(Nc1cc(N2CCN(C[C@@H]3CC3(F)F)CC2)c2cc[nH]c2n1)C1CC1. The van der Waals surface area contributed by atoms with Crippen molar-refractivity contribution in [2.45, 2.75) is 25.2 Å². The van der Waals surface area contributed by atoms with Crippen LogP contribution in [-0.2, 0) is 4.79 Å². The number of rotatable bonds is 5. The fraction of sp³-hybridized carbons (Fsp3) is 0.579. The van der Waals surface area contributed by atoms with Gasteiger partial charge in [-0.15, -0.1) is 0 Å². The molecule has 5 rings (SSSR count). The first kappa shape index (κ1) is 16.9. The molecule has 3 heterocycles. The van der Waals surface area contributed by atoms with E-state index in [0.29, 0.717) is 12.4 Å². The molecule has 2 aromatic rings. The second-order valence-corrected chi connectivity index (χ2v) is 7.98. The second kappa shape index (κ2) is 6.15. The van der Waals surface area contributed by atoms with Crippen LogP contribution in [0.2, 0.25) is 0 Å². The summed E-state index contributed by atoms with van der Waals surface area (Å²) in [5.41, 5.74) is 1.78. The number of carbonyl (C=O) groups is 1. The van der Waals surface area contributed by atoms with Crippen LogP contribution in [0.4, 0.5) is 20.3 Å². The number of aromatic amines is 1. The monoisotopic (exact) mass is 375 g/mol. The number of alkyl halides is 2. The van der Waals surface area contributed by atoms with Crippen molar-refractivity contribution in [3.8, 4) is 0 Å². The minimum Gasteiger partial charge on any atom is -0.368 e. The number of H-pyrrole nitrogens is 1. The number of halogens is 2. The molecule has 8 heteroatoms. The highest BCUT2D eigenvalue weighted by Gasteiger charge is 2.57. The maximum atomic E-state index is 13.2. The van der Waals surface area contributed by atoms with Crippen LogP contribution in [-0.4, -0.2) is 59.4 Å². The van der Waals surface area contributed by atoms with Crippen LogP contribution in [0.15, 0.2) is 18.3 Å². The largest absolute Gasteiger partial charge is 0.368 e. The van der Waals surface area contributed by atoms with E-state index in [9.17, 15) is 13.6 Å². The van der Waals surface area contributed by atoms with Crippen molar-refractivity contribution in [1.29, 1.82) is 0 Å². The highest BCUT2D eigenvalue weighted by molar-refractivity contribution is 5.97. The van der Waals surface area contributed by atoms with Gasteiger partial charge in [-0.2, -0.15) is 0 Å². The zero-order chi connectivity index (χ0) is 18.6. The summed E-state index contributed by atoms with van der Waals surface area (Å²) >= 11 is 0. The molecule has 1 atom stereocenters. The highest BCUT2D eigenvalue weighted by atomic mass is 19.3. The third-order valence-corrected chi connectivity index (χ3v) is 5.85. The molecule has 0 spiro atoms. The van der Waals surface area contributed by atoms with Crippen LogP contribution in [0.3, 0.4) is 0 Å². The summed E-state index contributed by atoms with van der Waals surface area (Å²) in [5, 5.41) is 3.94. The first-order chi connectivity index (χ1) is 13.0. The van der Waals surface area contributed by atoms with Gasteiger partial charge in [0.25, 0.3) is 5.92 Å². The van der Waals surface area contributed by atoms with E-state index in [0.717, 1.165) is 55.7 Å². The molecule has 0 radical (unpaired) electrons. The molecule has 2 aromatic heterocycles. The van der Waals surface area contributed by atoms with Gasteiger partial charge in [0.1, 0.15) is 11.5 Å². The standard InChI is InChI=1S/C19H23F2N5O/c20-19(21)10-13(19)11-25-5-7-26(8-6-25)15-9-16(24-18(27)12-1-2-12)23-17-14(15)3-4-22-17/h3-4,9,12-13H,1-2,5-8,10-11H2,(H2,22,23,24,27)/t13-/m0/s1. The Kier molecular flexibility index (Phi) is 3.86. The lowest BCUT2D eigenvalue weighted by molar-refractivity contribution is -0.117. The fourth-order valence-electron chi connectivity index (χ4n) is 3.87. The zero-order valence-electron chi connectivity index (χ0n) is 15.0. The zero-order valence-corrected chi connectivity index (χ0v) is 15.0. The molecule has 1 aliphatic heterocycles. The van der Waals surface area contributed by atoms with E-state index in [1.807, 2.05) is 18.3 Å². The predicted molar refractivity (Wildman–Crippen MR) is 99.2 cm³/mol. The number of piperazine rings is 1. The number of anilines is 2. The molecule has 27 heavy (non-hydrogen) atoms. The van der Waals surface area contributed by atoms with Crippen LogP contribution < -0.4 is 10.2 Å². The molecule has 0 unspecified atom stereocenters. The van der Waals surface area contributed by atoms with Crippen molar-refractivity contribution < 1.29 is 13.6 Å². The van der Waals surface area contributed by atoms with Gasteiger partial charge in [-0.25, -0.2) is 13.8 Å². The van der Waals surface area contributed by atoms with E-state index in [-0.39, 0.29) is 18.2 Å². The van der Waals surface area contributed by atoms with Crippen LogP contribution in [0, 0.1) is 11.8 Å². The minimum atomic E-state index is -2.45. The Morgan fingerprint density at radius 3 is 2.70 bits per heavy atom. The Morgan fingerprint density at radius 2 is 2.04 bits per heavy atom. The second-order valence-electron chi connectivity index (χ2n) is 7.98. The Balaban J connectivity index is 1.30. The van der Waals surface area contributed by atoms with Crippen LogP contribution in [0.1, 0.15) is 19.3 Å². The lowest BCUT2D eigenvalue weighted by Crippen LogP contribution is -2.47. The van der Waals surface area contributed by atoms with Crippen LogP contribution >= 0.6 is 0 Å². The van der Waals surface area contributed by atoms with Crippen LogP contribution in [0.5, 0.6) is 0 Å². The van der Waals surface area contributed by atoms with E-state index in [1.165, 1.54) is 0 Å². The Hall–Kier alpha value is -2.22. The van der Waals surface area contributed by atoms with Gasteiger partial charge in [-0.1, -0.05) is 0 Å². The Bertz CT molecular complexity index is 870. The van der Waals surface area contributed by atoms with Gasteiger partial charge >= 0.3 is 0 Å². The lowest BCUT2D eigenvalue weighted by Gasteiger charge is -2.36. The summed E-state index contributed by atoms with van der Waals surface area (Å²) in [6, 6.07) is 3.92. The van der Waals surface area contributed by atoms with E-state index >= 15 is 0 Å². The first-order valence-electron chi connectivity index (χ1n) is 9.64. The van der Waals surface area contributed by atoms with E-state index in [1.54, 1.807) is 0 Å². The smallest absolute Gasteiger partial charge is 0.252 e. The summed E-state index contributed by atoms with van der Waals surface area (Å²) in [4.78, 5) is 24.1. The summed E-state index contributed by atoms with van der Waals surface area (Å²) in [5.74, 6) is -2.19. The molecule has 0 bridgehead atoms. The van der Waals surface area contributed by atoms with Crippen molar-refractivity contribution in [1.82, 2.24) is 14.9 Å². The summed E-state index contributed by atoms with van der Waals surface area (Å²) < 4.78 is 26.3. The van der Waals surface area contributed by atoms with E-state index in [2.05, 4.69) is 25.1 Å². The highest BCUT2D eigenvalue weighted by Crippen LogP contribution is 2.49. The Morgan fingerprint density at radius 1 is 1.30 bits per heavy atom. The predicted octanol–water partition coefficient (Wildman–Crippen LogP) is 2.69. The average molecular weight is 375 g/mol. The Labute approximate surface area is 155 Å². The van der Waals surface area contributed by atoms with E-state index < -0.39 is 11.8 Å². The van der Waals surface area contributed by atoms with E-state index in [4.69, 9.17) is 0 Å². The van der Waals surface area contributed by atoms with Crippen molar-refractivity contribution in [3.05, 3.63) is 18.3 Å². The maximum Gasteiger partial charge on any atom is 0.252 e. The third kappa shape index (κ3) is 3.38. The third-order valence-electron chi connectivity index (χ3n) is 5.85. The summed E-state index contributed by atoms with van der Waals surface area (Å²) in [7, 11) is 0. The van der Waals surface area contributed by atoms with Crippen molar-refractivity contribution in [2.24, 2.45) is 11.8 Å². The molecule has 2 aliphatic carbocycles. The number of aromatic nitrogens is 2. The summed E-state index contributed by atoms with van der Waals surface area (Å²) in [6.07, 6.45) is 3.78. The van der Waals surface area contributed by atoms with Crippen molar-refractivity contribution >= 4 is 28.4 Å². The lowest BCUT2D eigenvalue weighted by atomic mass is 10.2. The van der Waals surface area contributed by atoms with Gasteiger partial charge in [-0.3, -0.25) is 9.69 Å². The molecular formula is C19H23F2N5O. The molecule has 0 aromatic carbocycles. The number of nitrogens with zero attached hydrogens (tertiary/aromatic N) is 3. The van der Waals surface area contributed by atoms with Crippen molar-refractivity contribution in [2.75, 3.05) is 42.9 Å². The van der Waals surface area contributed by atoms with Gasteiger partial charge < -0.3 is 15.2 Å². The number of nitrogens with one attached hydrogen (secondary N) is 2. The maximum absolute atomic E-state index is 13.2. The number of hydrogen-bond acceptors (Lipinski definition) is 4. The molecule has 1 saturated heterocycles. The van der Waals surface area contributed by atoms with Gasteiger partial charge in [0.2, 0.25) is 5.91 Å². The topological polar surface area (TPSA) is 64.3 Å². The molecule has 6 nitrogen and oxygen atoms in total. The quantitative estimate of drug-likeness (QED) is 0.843. The molecule has 3 aliphatic rings. The average Bonchev–Trinajstić information content (AvgIpc) is 3.53. The molecule has 2 saturated carbocycles. The fourth-order valence-corrected chi connectivity index (χ4v) is 3.87. The van der Waals surface area contributed by atoms with Gasteiger partial charge in [0.05, 0.1) is 5.69 Å². The number of hydrogen-bond donors (Lipinski definition) is 2. The number of pyridine rings is 1. The minimum absolute atomic E-state index is 0.0333. The molecule has 3 fully saturated rings. The normalized spacial score (nSPS) is 25.0. The first-order valence-corrected chi connectivity index (χ1v) is 9.64. The van der Waals surface area contributed by atoms with Crippen molar-refractivity contribution in [3.63, 3.8) is 0 Å². The number of amides is 1. The summed E-state index contributed by atoms with van der Waals surface area (Å²) in [6.45, 7) is 3.58. The van der Waals surface area contributed by atoms with Crippen LogP contribution in [0.25, 0.3) is 11.0 Å². The number of carbonyl (C=O) groups excluding carboxylic acids is 1. The van der Waals surface area contributed by atoms with Gasteiger partial charge in [-0.05, 0) is 18.9 Å². The molecular weight excluding hydrogens is 352 g/mol. The molecule has 2 N–H and O–H groups in total. The van der Waals surface area contributed by atoms with Gasteiger partial charge in [0.15, 0.2) is 0 Å². The van der Waals surface area contributed by atoms with Gasteiger partial charge in [0, 0.05) is 68.6 Å². The number of fused-ring (bicyclic) bond motifs is 1. The molecule has 1 amide bonds. The molecule has 144 valence electrons.